The minimum atomic E-state index is -4.57. The summed E-state index contributed by atoms with van der Waals surface area (Å²) in [6.45, 7) is 0.258. The summed E-state index contributed by atoms with van der Waals surface area (Å²) in [5.41, 5.74) is 0. The Morgan fingerprint density at radius 2 is 1.83 bits per heavy atom. The van der Waals surface area contributed by atoms with E-state index >= 15 is 0 Å². The number of likely N-dealkylation sites (N-methyl/N-ethyl adjacent to an activating group) is 1. The van der Waals surface area contributed by atoms with Crippen LogP contribution in [0.25, 0.3) is 0 Å². The maximum absolute atomic E-state index is 10.2. The minimum absolute atomic E-state index is 0.258. The summed E-state index contributed by atoms with van der Waals surface area (Å²) in [5, 5.41) is 9.13. The van der Waals surface area contributed by atoms with Gasteiger partial charge in [0.15, 0.2) is 0 Å². The van der Waals surface area contributed by atoms with Gasteiger partial charge in [0.1, 0.15) is 12.6 Å². The third-order valence-corrected chi connectivity index (χ3v) is 2.06. The van der Waals surface area contributed by atoms with Crippen molar-refractivity contribution in [3.8, 4) is 0 Å². The molecule has 0 saturated carbocycles. The molecular formula is C6H15NO4P-. The molecule has 0 rings (SSSR count). The van der Waals surface area contributed by atoms with Crippen LogP contribution in [0.1, 0.15) is 0 Å². The van der Waals surface area contributed by atoms with Crippen molar-refractivity contribution in [3.63, 3.8) is 0 Å². The number of hydrogen-bond acceptors (Lipinski definition) is 4. The van der Waals surface area contributed by atoms with E-state index in [9.17, 15) is 14.4 Å². The number of rotatable bonds is 4. The van der Waals surface area contributed by atoms with Crippen molar-refractivity contribution in [2.75, 3.05) is 33.8 Å². The Kier molecular flexibility index (Phi) is 3.87. The molecule has 1 atom stereocenters. The monoisotopic (exact) mass is 196 g/mol. The van der Waals surface area contributed by atoms with Gasteiger partial charge in [0.05, 0.1) is 21.1 Å². The van der Waals surface area contributed by atoms with Crippen LogP contribution in [0.5, 0.6) is 0 Å². The van der Waals surface area contributed by atoms with Crippen molar-refractivity contribution >= 4 is 7.60 Å². The van der Waals surface area contributed by atoms with Crippen LogP contribution in [0.4, 0.5) is 0 Å². The molecule has 6 heteroatoms. The zero-order valence-corrected chi connectivity index (χ0v) is 8.45. The first-order valence-electron chi connectivity index (χ1n) is 3.60. The predicted octanol–water partition coefficient (Wildman–Crippen LogP) is -2.03. The second-order valence-corrected chi connectivity index (χ2v) is 5.51. The van der Waals surface area contributed by atoms with E-state index in [1.807, 2.05) is 21.1 Å². The Hall–Kier alpha value is 0.0700. The number of aliphatic hydroxyl groups is 1. The van der Waals surface area contributed by atoms with Crippen molar-refractivity contribution in [3.05, 3.63) is 0 Å². The highest BCUT2D eigenvalue weighted by atomic mass is 31.2. The molecule has 5 nitrogen and oxygen atoms in total. The molecule has 12 heavy (non-hydrogen) atoms. The zero-order valence-electron chi connectivity index (χ0n) is 7.56. The summed E-state index contributed by atoms with van der Waals surface area (Å²) >= 11 is 0. The standard InChI is InChI=1S/C6H16NO4P/c1-7(2,3)4-6(8)5-12(9,10)11/h6,8H,4-5H2,1-3H3,(H-,9,10,11)/p-1. The van der Waals surface area contributed by atoms with Gasteiger partial charge in [-0.15, -0.1) is 0 Å². The third kappa shape index (κ3) is 8.17. The average molecular weight is 196 g/mol. The molecule has 0 amide bonds. The molecule has 0 aliphatic rings. The van der Waals surface area contributed by atoms with Gasteiger partial charge < -0.3 is 23.9 Å². The van der Waals surface area contributed by atoms with Crippen molar-refractivity contribution in [2.24, 2.45) is 0 Å². The van der Waals surface area contributed by atoms with Gasteiger partial charge >= 0.3 is 0 Å². The van der Waals surface area contributed by atoms with Gasteiger partial charge in [0, 0.05) is 6.16 Å². The highest BCUT2D eigenvalue weighted by Gasteiger charge is 2.15. The first-order chi connectivity index (χ1) is 5.10. The minimum Gasteiger partial charge on any atom is -0.811 e. The third-order valence-electron chi connectivity index (χ3n) is 1.19. The van der Waals surface area contributed by atoms with E-state index in [4.69, 9.17) is 5.11 Å². The molecule has 0 spiro atoms. The van der Waals surface area contributed by atoms with Crippen LogP contribution in [-0.2, 0) is 4.57 Å². The summed E-state index contributed by atoms with van der Waals surface area (Å²) in [6, 6.07) is 0. The molecule has 1 unspecified atom stereocenters. The van der Waals surface area contributed by atoms with Crippen molar-refractivity contribution in [2.45, 2.75) is 6.10 Å². The van der Waals surface area contributed by atoms with Crippen LogP contribution in [0.15, 0.2) is 0 Å². The molecule has 0 aromatic heterocycles. The van der Waals surface area contributed by atoms with Gasteiger partial charge in [-0.3, -0.25) is 0 Å². The Morgan fingerprint density at radius 1 is 1.42 bits per heavy atom. The van der Waals surface area contributed by atoms with Crippen molar-refractivity contribution < 1.29 is 23.9 Å². The number of nitrogens with zero attached hydrogens (tertiary/aromatic N) is 1. The molecule has 0 aromatic carbocycles. The topological polar surface area (TPSA) is 83.4 Å². The largest absolute Gasteiger partial charge is 0.811 e. The quantitative estimate of drug-likeness (QED) is 0.415. The summed E-state index contributed by atoms with van der Waals surface area (Å²) in [6.07, 6.45) is -1.74. The molecule has 0 aliphatic carbocycles. The summed E-state index contributed by atoms with van der Waals surface area (Å²) < 4.78 is 10.7. The molecule has 0 aromatic rings. The lowest BCUT2D eigenvalue weighted by Gasteiger charge is -2.34. The second kappa shape index (κ2) is 3.85. The molecule has 0 saturated heterocycles. The first kappa shape index (κ1) is 12.1. The van der Waals surface area contributed by atoms with Gasteiger partial charge in [0.2, 0.25) is 0 Å². The van der Waals surface area contributed by atoms with E-state index in [1.54, 1.807) is 0 Å². The van der Waals surface area contributed by atoms with Gasteiger partial charge in [-0.1, -0.05) is 7.60 Å². The Labute approximate surface area is 72.4 Å². The van der Waals surface area contributed by atoms with Gasteiger partial charge in [-0.2, -0.15) is 0 Å². The molecule has 74 valence electrons. The molecule has 0 aliphatic heterocycles. The fourth-order valence-electron chi connectivity index (χ4n) is 0.948. The van der Waals surface area contributed by atoms with Crippen LogP contribution >= 0.6 is 7.60 Å². The van der Waals surface area contributed by atoms with E-state index in [-0.39, 0.29) is 6.54 Å². The molecule has 0 heterocycles. The Balaban J connectivity index is 3.91. The van der Waals surface area contributed by atoms with Crippen LogP contribution in [0, 0.1) is 0 Å². The fraction of sp³-hybridized carbons (Fsp3) is 1.00. The maximum atomic E-state index is 10.2. The summed E-state index contributed by atoms with van der Waals surface area (Å²) in [5.74, 6) is 0. The lowest BCUT2D eigenvalue weighted by molar-refractivity contribution is -0.873. The van der Waals surface area contributed by atoms with E-state index < -0.39 is 19.9 Å². The van der Waals surface area contributed by atoms with Crippen molar-refractivity contribution in [1.82, 2.24) is 0 Å². The second-order valence-electron chi connectivity index (χ2n) is 3.92. The van der Waals surface area contributed by atoms with Crippen LogP contribution in [0.3, 0.4) is 0 Å². The number of quaternary nitrogens is 1. The van der Waals surface area contributed by atoms with Crippen LogP contribution in [-0.4, -0.2) is 49.5 Å². The highest BCUT2D eigenvalue weighted by Crippen LogP contribution is 2.24. The molecule has 0 radical (unpaired) electrons. The van der Waals surface area contributed by atoms with E-state index in [0.29, 0.717) is 4.48 Å². The van der Waals surface area contributed by atoms with Crippen LogP contribution < -0.4 is 9.79 Å². The van der Waals surface area contributed by atoms with E-state index in [1.165, 1.54) is 0 Å². The number of hydrogen-bond donors (Lipinski definition) is 1. The Morgan fingerprint density at radius 3 is 2.08 bits per heavy atom. The number of aliphatic hydroxyl groups excluding tert-OH is 1. The molecule has 0 bridgehead atoms. The van der Waals surface area contributed by atoms with Gasteiger partial charge in [-0.25, -0.2) is 0 Å². The average Bonchev–Trinajstić information content (AvgIpc) is 1.49. The lowest BCUT2D eigenvalue weighted by atomic mass is 10.3. The van der Waals surface area contributed by atoms with Crippen molar-refractivity contribution in [1.29, 1.82) is 0 Å². The van der Waals surface area contributed by atoms with Gasteiger partial charge in [-0.05, 0) is 0 Å². The predicted molar refractivity (Wildman–Crippen MR) is 41.4 cm³/mol. The zero-order chi connectivity index (χ0) is 9.99. The van der Waals surface area contributed by atoms with Gasteiger partial charge in [0.25, 0.3) is 0 Å². The lowest BCUT2D eigenvalue weighted by Crippen LogP contribution is -2.43. The fourth-order valence-corrected chi connectivity index (χ4v) is 1.58. The van der Waals surface area contributed by atoms with E-state index in [0.717, 1.165) is 0 Å². The SMILES string of the molecule is C[N+](C)(C)CC(O)CP(=O)([O-])[O-]. The highest BCUT2D eigenvalue weighted by molar-refractivity contribution is 7.48. The Bertz CT molecular complexity index is 182. The molecule has 0 fully saturated rings. The van der Waals surface area contributed by atoms with E-state index in [2.05, 4.69) is 0 Å². The summed E-state index contributed by atoms with van der Waals surface area (Å²) in [7, 11) is 0.860. The van der Waals surface area contributed by atoms with Crippen LogP contribution in [0.2, 0.25) is 0 Å². The first-order valence-corrected chi connectivity index (χ1v) is 5.32. The smallest absolute Gasteiger partial charge is 0.107 e. The maximum Gasteiger partial charge on any atom is 0.107 e. The summed E-state index contributed by atoms with van der Waals surface area (Å²) in [4.78, 5) is 20.5. The molecule has 1 N–H and O–H groups in total. The molecular weight excluding hydrogens is 181 g/mol. The normalized spacial score (nSPS) is 16.2.